The van der Waals surface area contributed by atoms with Gasteiger partial charge in [0.2, 0.25) is 10.0 Å². The van der Waals surface area contributed by atoms with Crippen molar-refractivity contribution >= 4 is 27.6 Å². The summed E-state index contributed by atoms with van der Waals surface area (Å²) in [5, 5.41) is 9.51. The van der Waals surface area contributed by atoms with Crippen molar-refractivity contribution in [1.82, 2.24) is 4.72 Å². The van der Waals surface area contributed by atoms with E-state index in [1.807, 2.05) is 0 Å². The van der Waals surface area contributed by atoms with Gasteiger partial charge in [-0.05, 0) is 29.8 Å². The minimum absolute atomic E-state index is 0.000434. The third kappa shape index (κ3) is 4.80. The van der Waals surface area contributed by atoms with Gasteiger partial charge in [-0.1, -0.05) is 35.9 Å². The second-order valence-electron chi connectivity index (χ2n) is 4.72. The van der Waals surface area contributed by atoms with Crippen LogP contribution in [0.15, 0.2) is 53.4 Å². The van der Waals surface area contributed by atoms with Crippen LogP contribution in [0.4, 0.5) is 0 Å². The normalized spacial score (nSPS) is 10.8. The Labute approximate surface area is 144 Å². The molecular weight excluding hydrogens is 352 g/mol. The standard InChI is InChI=1S/C16H13ClN2O4S/c17-14-7-5-12(6-8-14)11-23-16(20)10-19-24(21,22)15-4-2-1-3-13(15)9-18/h1-8,19H,10-11H2. The third-order valence-electron chi connectivity index (χ3n) is 3.02. The van der Waals surface area contributed by atoms with E-state index in [2.05, 4.69) is 4.72 Å². The number of sulfonamides is 1. The number of hydrogen-bond acceptors (Lipinski definition) is 5. The van der Waals surface area contributed by atoms with E-state index in [0.717, 1.165) is 5.56 Å². The summed E-state index contributed by atoms with van der Waals surface area (Å²) in [6.07, 6.45) is 0. The van der Waals surface area contributed by atoms with Crippen LogP contribution in [0.1, 0.15) is 11.1 Å². The summed E-state index contributed by atoms with van der Waals surface area (Å²) in [5.74, 6) is -0.733. The van der Waals surface area contributed by atoms with Gasteiger partial charge in [-0.3, -0.25) is 4.79 Å². The molecular formula is C16H13ClN2O4S. The quantitative estimate of drug-likeness (QED) is 0.793. The van der Waals surface area contributed by atoms with Crippen LogP contribution in [0.25, 0.3) is 0 Å². The van der Waals surface area contributed by atoms with Crippen LogP contribution >= 0.6 is 11.6 Å². The Morgan fingerprint density at radius 2 is 1.83 bits per heavy atom. The second kappa shape index (κ2) is 7.93. The molecule has 24 heavy (non-hydrogen) atoms. The van der Waals surface area contributed by atoms with Gasteiger partial charge in [0.15, 0.2) is 0 Å². The highest BCUT2D eigenvalue weighted by atomic mass is 35.5. The smallest absolute Gasteiger partial charge is 0.321 e. The molecule has 0 atom stereocenters. The molecule has 0 fully saturated rings. The van der Waals surface area contributed by atoms with Crippen molar-refractivity contribution in [2.24, 2.45) is 0 Å². The van der Waals surface area contributed by atoms with E-state index >= 15 is 0 Å². The first kappa shape index (κ1) is 17.9. The largest absolute Gasteiger partial charge is 0.460 e. The number of carbonyl (C=O) groups is 1. The van der Waals surface area contributed by atoms with E-state index < -0.39 is 22.5 Å². The zero-order chi connectivity index (χ0) is 17.6. The van der Waals surface area contributed by atoms with Gasteiger partial charge in [0, 0.05) is 5.02 Å². The summed E-state index contributed by atoms with van der Waals surface area (Å²) < 4.78 is 31.4. The highest BCUT2D eigenvalue weighted by Crippen LogP contribution is 2.14. The molecule has 8 heteroatoms. The summed E-state index contributed by atoms with van der Waals surface area (Å²) in [5.41, 5.74) is 0.727. The van der Waals surface area contributed by atoms with E-state index in [9.17, 15) is 13.2 Å². The molecule has 2 aromatic carbocycles. The average molecular weight is 365 g/mol. The zero-order valence-electron chi connectivity index (χ0n) is 12.4. The maximum Gasteiger partial charge on any atom is 0.321 e. The summed E-state index contributed by atoms with van der Waals surface area (Å²) in [6.45, 7) is -0.526. The first-order valence-electron chi connectivity index (χ1n) is 6.81. The maximum atomic E-state index is 12.1. The third-order valence-corrected chi connectivity index (χ3v) is 4.73. The molecule has 0 amide bonds. The maximum absolute atomic E-state index is 12.1. The number of esters is 1. The van der Waals surface area contributed by atoms with E-state index in [-0.39, 0.29) is 17.1 Å². The minimum atomic E-state index is -3.98. The molecule has 0 saturated carbocycles. The van der Waals surface area contributed by atoms with E-state index in [1.165, 1.54) is 18.2 Å². The lowest BCUT2D eigenvalue weighted by molar-refractivity contribution is -0.143. The molecule has 0 bridgehead atoms. The lowest BCUT2D eigenvalue weighted by Crippen LogP contribution is -2.31. The van der Waals surface area contributed by atoms with Crippen LogP contribution < -0.4 is 4.72 Å². The predicted octanol–water partition coefficient (Wildman–Crippen LogP) is 2.23. The van der Waals surface area contributed by atoms with Crippen molar-refractivity contribution in [2.75, 3.05) is 6.54 Å². The molecule has 0 aliphatic heterocycles. The molecule has 1 N–H and O–H groups in total. The molecule has 0 saturated heterocycles. The van der Waals surface area contributed by atoms with E-state index in [4.69, 9.17) is 21.6 Å². The van der Waals surface area contributed by atoms with Crippen molar-refractivity contribution in [3.05, 3.63) is 64.7 Å². The van der Waals surface area contributed by atoms with Crippen LogP contribution in [0.5, 0.6) is 0 Å². The van der Waals surface area contributed by atoms with Crippen LogP contribution in [0.2, 0.25) is 5.02 Å². The van der Waals surface area contributed by atoms with Crippen LogP contribution in [-0.4, -0.2) is 20.9 Å². The molecule has 0 aliphatic rings. The summed E-state index contributed by atoms with van der Waals surface area (Å²) in [6, 6.07) is 14.2. The average Bonchev–Trinajstić information content (AvgIpc) is 2.59. The topological polar surface area (TPSA) is 96.3 Å². The van der Waals surface area contributed by atoms with Crippen molar-refractivity contribution in [2.45, 2.75) is 11.5 Å². The lowest BCUT2D eigenvalue weighted by atomic mass is 10.2. The van der Waals surface area contributed by atoms with E-state index in [1.54, 1.807) is 36.4 Å². The Kier molecular flexibility index (Phi) is 5.93. The molecule has 0 aromatic heterocycles. The Bertz CT molecular complexity index is 874. The summed E-state index contributed by atoms with van der Waals surface area (Å²) >= 11 is 5.75. The van der Waals surface area contributed by atoms with Crippen molar-refractivity contribution in [1.29, 1.82) is 5.26 Å². The second-order valence-corrected chi connectivity index (χ2v) is 6.89. The molecule has 6 nitrogen and oxygen atoms in total. The van der Waals surface area contributed by atoms with Gasteiger partial charge in [0.25, 0.3) is 0 Å². The number of rotatable bonds is 6. The summed E-state index contributed by atoms with van der Waals surface area (Å²) in [7, 11) is -3.98. The summed E-state index contributed by atoms with van der Waals surface area (Å²) in [4.78, 5) is 11.5. The van der Waals surface area contributed by atoms with Gasteiger partial charge >= 0.3 is 5.97 Å². The molecule has 0 aliphatic carbocycles. The molecule has 0 unspecified atom stereocenters. The first-order chi connectivity index (χ1) is 11.4. The number of nitrogens with one attached hydrogen (secondary N) is 1. The lowest BCUT2D eigenvalue weighted by Gasteiger charge is -2.08. The molecule has 2 aromatic rings. The van der Waals surface area contributed by atoms with Crippen molar-refractivity contribution in [3.63, 3.8) is 0 Å². The van der Waals surface area contributed by atoms with Crippen LogP contribution in [0, 0.1) is 11.3 Å². The van der Waals surface area contributed by atoms with Gasteiger partial charge < -0.3 is 4.74 Å². The number of hydrogen-bond donors (Lipinski definition) is 1. The molecule has 0 radical (unpaired) electrons. The highest BCUT2D eigenvalue weighted by Gasteiger charge is 2.19. The SMILES string of the molecule is N#Cc1ccccc1S(=O)(=O)NCC(=O)OCc1ccc(Cl)cc1. The van der Waals surface area contributed by atoms with Crippen molar-refractivity contribution in [3.8, 4) is 6.07 Å². The highest BCUT2D eigenvalue weighted by molar-refractivity contribution is 7.89. The molecule has 0 heterocycles. The Hall–Kier alpha value is -2.40. The first-order valence-corrected chi connectivity index (χ1v) is 8.67. The molecule has 0 spiro atoms. The number of ether oxygens (including phenoxy) is 1. The van der Waals surface area contributed by atoms with Gasteiger partial charge in [-0.2, -0.15) is 9.98 Å². The number of halogens is 1. The number of carbonyl (C=O) groups excluding carboxylic acids is 1. The van der Waals surface area contributed by atoms with Crippen molar-refractivity contribution < 1.29 is 17.9 Å². The fraction of sp³-hybridized carbons (Fsp3) is 0.125. The zero-order valence-corrected chi connectivity index (χ0v) is 14.0. The fourth-order valence-electron chi connectivity index (χ4n) is 1.82. The molecule has 2 rings (SSSR count). The van der Waals surface area contributed by atoms with Gasteiger partial charge in [0.05, 0.1) is 10.5 Å². The van der Waals surface area contributed by atoms with Crippen LogP contribution in [-0.2, 0) is 26.2 Å². The monoisotopic (exact) mass is 364 g/mol. The van der Waals surface area contributed by atoms with E-state index in [0.29, 0.717) is 5.02 Å². The van der Waals surface area contributed by atoms with Crippen LogP contribution in [0.3, 0.4) is 0 Å². The van der Waals surface area contributed by atoms with Gasteiger partial charge in [-0.25, -0.2) is 8.42 Å². The molecule has 124 valence electrons. The Morgan fingerprint density at radius 1 is 1.17 bits per heavy atom. The number of benzene rings is 2. The fourth-order valence-corrected chi connectivity index (χ4v) is 3.07. The minimum Gasteiger partial charge on any atom is -0.460 e. The number of nitriles is 1. The Morgan fingerprint density at radius 3 is 2.50 bits per heavy atom. The number of nitrogens with zero attached hydrogens (tertiary/aromatic N) is 1. The Balaban J connectivity index is 1.93. The predicted molar refractivity (Wildman–Crippen MR) is 87.6 cm³/mol. The van der Waals surface area contributed by atoms with Gasteiger partial charge in [0.1, 0.15) is 19.2 Å². The van der Waals surface area contributed by atoms with Gasteiger partial charge in [-0.15, -0.1) is 0 Å².